The van der Waals surface area contributed by atoms with E-state index in [0.29, 0.717) is 0 Å². The van der Waals surface area contributed by atoms with Gasteiger partial charge in [0.05, 0.1) is 11.8 Å². The first kappa shape index (κ1) is 8.20. The van der Waals surface area contributed by atoms with E-state index in [1.807, 2.05) is 11.7 Å². The summed E-state index contributed by atoms with van der Waals surface area (Å²) in [5.41, 5.74) is 3.18. The quantitative estimate of drug-likeness (QED) is 0.775. The Morgan fingerprint density at radius 2 is 2.57 bits per heavy atom. The molecule has 1 unspecified atom stereocenters. The Labute approximate surface area is 85.8 Å². The molecule has 0 aliphatic carbocycles. The smallest absolute Gasteiger partial charge is 0.129 e. The van der Waals surface area contributed by atoms with E-state index in [-0.39, 0.29) is 6.04 Å². The Kier molecular flexibility index (Phi) is 1.89. The van der Waals surface area contributed by atoms with E-state index in [2.05, 4.69) is 16.4 Å². The molecule has 2 aromatic rings. The maximum Gasteiger partial charge on any atom is 0.129 e. The predicted molar refractivity (Wildman–Crippen MR) is 54.4 cm³/mol. The van der Waals surface area contributed by atoms with Crippen molar-refractivity contribution in [3.8, 4) is 0 Å². The number of fused-ring (bicyclic) bond motifs is 1. The van der Waals surface area contributed by atoms with Crippen molar-refractivity contribution in [3.05, 3.63) is 40.2 Å². The number of hydrogen-bond acceptors (Lipinski definition) is 4. The van der Waals surface area contributed by atoms with Crippen molar-refractivity contribution in [1.29, 1.82) is 0 Å². The van der Waals surface area contributed by atoms with Gasteiger partial charge in [-0.15, -0.1) is 11.3 Å². The van der Waals surface area contributed by atoms with Gasteiger partial charge in [-0.3, -0.25) is 4.98 Å². The monoisotopic (exact) mass is 206 g/mol. The normalized spacial score (nSPS) is 20.7. The van der Waals surface area contributed by atoms with Crippen LogP contribution in [-0.4, -0.2) is 11.5 Å². The van der Waals surface area contributed by atoms with Crippen LogP contribution < -0.4 is 5.32 Å². The Bertz CT molecular complexity index is 421. The fourth-order valence-electron chi connectivity index (χ4n) is 1.85. The second-order valence-corrected chi connectivity index (χ2v) is 4.27. The van der Waals surface area contributed by atoms with Gasteiger partial charge in [-0.1, -0.05) is 0 Å². The molecule has 0 amide bonds. The van der Waals surface area contributed by atoms with Gasteiger partial charge in [-0.05, 0) is 18.1 Å². The first-order valence-corrected chi connectivity index (χ1v) is 5.51. The van der Waals surface area contributed by atoms with Crippen molar-refractivity contribution >= 4 is 11.3 Å². The summed E-state index contributed by atoms with van der Waals surface area (Å²) in [5, 5.41) is 3.44. The van der Waals surface area contributed by atoms with Crippen LogP contribution in [0.4, 0.5) is 0 Å². The molecule has 72 valence electrons. The van der Waals surface area contributed by atoms with Gasteiger partial charge in [0.25, 0.3) is 0 Å². The molecule has 0 saturated heterocycles. The average Bonchev–Trinajstić information content (AvgIpc) is 2.88. The van der Waals surface area contributed by atoms with Gasteiger partial charge in [0, 0.05) is 17.6 Å². The summed E-state index contributed by atoms with van der Waals surface area (Å²) >= 11 is 1.66. The van der Waals surface area contributed by atoms with Crippen molar-refractivity contribution in [2.24, 2.45) is 0 Å². The number of thiazole rings is 1. The number of furan rings is 1. The van der Waals surface area contributed by atoms with Gasteiger partial charge in [-0.25, -0.2) is 0 Å². The molecule has 4 heteroatoms. The van der Waals surface area contributed by atoms with Crippen LogP contribution in [0.2, 0.25) is 0 Å². The van der Waals surface area contributed by atoms with Crippen molar-refractivity contribution in [3.63, 3.8) is 0 Å². The molecule has 3 rings (SSSR count). The third kappa shape index (κ3) is 1.19. The Balaban J connectivity index is 2.04. The molecule has 1 aliphatic heterocycles. The third-order valence-corrected chi connectivity index (χ3v) is 3.36. The van der Waals surface area contributed by atoms with Crippen LogP contribution in [0.1, 0.15) is 22.2 Å². The maximum absolute atomic E-state index is 5.51. The molecule has 14 heavy (non-hydrogen) atoms. The molecule has 0 spiro atoms. The lowest BCUT2D eigenvalue weighted by atomic mass is 10.0. The molecule has 0 bridgehead atoms. The molecule has 0 aromatic carbocycles. The molecule has 3 heterocycles. The average molecular weight is 206 g/mol. The highest BCUT2D eigenvalue weighted by molar-refractivity contribution is 7.09. The summed E-state index contributed by atoms with van der Waals surface area (Å²) < 4.78 is 5.51. The summed E-state index contributed by atoms with van der Waals surface area (Å²) in [6, 6.07) is 2.27. The van der Waals surface area contributed by atoms with Crippen molar-refractivity contribution in [1.82, 2.24) is 10.3 Å². The molecule has 0 fully saturated rings. The Morgan fingerprint density at radius 1 is 1.57 bits per heavy atom. The van der Waals surface area contributed by atoms with E-state index in [0.717, 1.165) is 18.7 Å². The second kappa shape index (κ2) is 3.22. The number of hydrogen-bond donors (Lipinski definition) is 1. The van der Waals surface area contributed by atoms with E-state index in [1.54, 1.807) is 17.6 Å². The van der Waals surface area contributed by atoms with Crippen LogP contribution in [0.5, 0.6) is 0 Å². The summed E-state index contributed by atoms with van der Waals surface area (Å²) in [4.78, 5) is 5.31. The van der Waals surface area contributed by atoms with Crippen LogP contribution in [0.3, 0.4) is 0 Å². The zero-order valence-electron chi connectivity index (χ0n) is 7.56. The van der Waals surface area contributed by atoms with Crippen LogP contribution in [-0.2, 0) is 6.42 Å². The zero-order valence-corrected chi connectivity index (χ0v) is 8.38. The zero-order chi connectivity index (χ0) is 9.38. The Hall–Kier alpha value is -1.13. The second-order valence-electron chi connectivity index (χ2n) is 3.35. The largest absolute Gasteiger partial charge is 0.467 e. The van der Waals surface area contributed by atoms with Gasteiger partial charge < -0.3 is 9.73 Å². The fraction of sp³-hybridized carbons (Fsp3) is 0.300. The number of nitrogens with one attached hydrogen (secondary N) is 1. The van der Waals surface area contributed by atoms with E-state index in [4.69, 9.17) is 4.42 Å². The van der Waals surface area contributed by atoms with Gasteiger partial charge in [0.1, 0.15) is 11.8 Å². The SMILES string of the molecule is c1cc2c(o1)C(c1cncs1)NCC2. The highest BCUT2D eigenvalue weighted by Gasteiger charge is 2.25. The van der Waals surface area contributed by atoms with E-state index < -0.39 is 0 Å². The Morgan fingerprint density at radius 3 is 3.43 bits per heavy atom. The molecule has 0 radical (unpaired) electrons. The lowest BCUT2D eigenvalue weighted by Gasteiger charge is -2.21. The minimum Gasteiger partial charge on any atom is -0.467 e. The first-order valence-electron chi connectivity index (χ1n) is 4.63. The third-order valence-electron chi connectivity index (χ3n) is 2.52. The van der Waals surface area contributed by atoms with Crippen LogP contribution in [0.25, 0.3) is 0 Å². The van der Waals surface area contributed by atoms with E-state index in [9.17, 15) is 0 Å². The molecule has 0 saturated carbocycles. The van der Waals surface area contributed by atoms with Gasteiger partial charge >= 0.3 is 0 Å². The van der Waals surface area contributed by atoms with Crippen LogP contribution in [0.15, 0.2) is 28.5 Å². The predicted octanol–water partition coefficient (Wildman–Crippen LogP) is 1.97. The molecular weight excluding hydrogens is 196 g/mol. The van der Waals surface area contributed by atoms with Gasteiger partial charge in [0.15, 0.2) is 0 Å². The first-order chi connectivity index (χ1) is 6.95. The minimum absolute atomic E-state index is 0.209. The highest BCUT2D eigenvalue weighted by Crippen LogP contribution is 2.30. The molecule has 1 aliphatic rings. The summed E-state index contributed by atoms with van der Waals surface area (Å²) in [5.74, 6) is 1.06. The van der Waals surface area contributed by atoms with Gasteiger partial charge in [-0.2, -0.15) is 0 Å². The van der Waals surface area contributed by atoms with Crippen molar-refractivity contribution in [2.45, 2.75) is 12.5 Å². The number of nitrogens with zero attached hydrogens (tertiary/aromatic N) is 1. The summed E-state index contributed by atoms with van der Waals surface area (Å²) in [6.07, 6.45) is 4.73. The summed E-state index contributed by atoms with van der Waals surface area (Å²) in [7, 11) is 0. The van der Waals surface area contributed by atoms with Crippen molar-refractivity contribution in [2.75, 3.05) is 6.54 Å². The molecule has 1 atom stereocenters. The van der Waals surface area contributed by atoms with Crippen molar-refractivity contribution < 1.29 is 4.42 Å². The lowest BCUT2D eigenvalue weighted by molar-refractivity contribution is 0.428. The molecule has 3 nitrogen and oxygen atoms in total. The minimum atomic E-state index is 0.209. The standard InChI is InChI=1S/C10H10N2OS/c1-3-12-9(8-5-11-6-14-8)10-7(1)2-4-13-10/h2,4-6,9,12H,1,3H2. The number of aromatic nitrogens is 1. The number of rotatable bonds is 1. The molecule has 1 N–H and O–H groups in total. The van der Waals surface area contributed by atoms with Gasteiger partial charge in [0.2, 0.25) is 0 Å². The van der Waals surface area contributed by atoms with E-state index >= 15 is 0 Å². The summed E-state index contributed by atoms with van der Waals surface area (Å²) in [6.45, 7) is 1.01. The maximum atomic E-state index is 5.51. The topological polar surface area (TPSA) is 38.1 Å². The highest BCUT2D eigenvalue weighted by atomic mass is 32.1. The van der Waals surface area contributed by atoms with E-state index in [1.165, 1.54) is 10.4 Å². The lowest BCUT2D eigenvalue weighted by Crippen LogP contribution is -2.29. The molecule has 2 aromatic heterocycles. The molecular formula is C10H10N2OS. The van der Waals surface area contributed by atoms with Crippen LogP contribution in [0, 0.1) is 0 Å². The van der Waals surface area contributed by atoms with Crippen LogP contribution >= 0.6 is 11.3 Å². The fourth-order valence-corrected chi connectivity index (χ4v) is 2.54.